The summed E-state index contributed by atoms with van der Waals surface area (Å²) in [5, 5.41) is 8.42. The molecule has 10 rings (SSSR count). The van der Waals surface area contributed by atoms with Crippen molar-refractivity contribution in [3.8, 4) is 56.0 Å². The van der Waals surface area contributed by atoms with Crippen molar-refractivity contribution in [2.24, 2.45) is 0 Å². The number of nitrogens with zero attached hydrogens (tertiary/aromatic N) is 3. The number of benzene rings is 7. The highest BCUT2D eigenvalue weighted by molar-refractivity contribution is 6.25. The highest BCUT2D eigenvalue weighted by Crippen LogP contribution is 2.42. The van der Waals surface area contributed by atoms with Gasteiger partial charge in [0.05, 0.1) is 22.6 Å². The summed E-state index contributed by atoms with van der Waals surface area (Å²) in [7, 11) is 0. The van der Waals surface area contributed by atoms with E-state index in [0.29, 0.717) is 0 Å². The second-order valence-corrected chi connectivity index (χ2v) is 13.2. The highest BCUT2D eigenvalue weighted by atomic mass is 14.7. The predicted molar refractivity (Wildman–Crippen MR) is 217 cm³/mol. The Morgan fingerprint density at radius 2 is 0.962 bits per heavy atom. The monoisotopic (exact) mass is 661 g/mol. The van der Waals surface area contributed by atoms with Gasteiger partial charge in [-0.2, -0.15) is 0 Å². The Morgan fingerprint density at radius 3 is 1.79 bits per heavy atom. The summed E-state index contributed by atoms with van der Waals surface area (Å²) in [6.07, 6.45) is 3.61. The molecular weight excluding hydrogens is 631 g/mol. The highest BCUT2D eigenvalue weighted by Gasteiger charge is 2.17. The lowest BCUT2D eigenvalue weighted by molar-refractivity contribution is 1.29. The first kappa shape index (κ1) is 29.9. The van der Waals surface area contributed by atoms with Crippen molar-refractivity contribution in [3.63, 3.8) is 0 Å². The molecule has 10 aromatic rings. The van der Waals surface area contributed by atoms with Gasteiger partial charge in [0, 0.05) is 45.2 Å². The lowest BCUT2D eigenvalue weighted by Crippen LogP contribution is -1.93. The maximum absolute atomic E-state index is 5.34. The maximum atomic E-state index is 5.34. The molecule has 0 N–H and O–H groups in total. The van der Waals surface area contributed by atoms with E-state index in [2.05, 4.69) is 163 Å². The number of pyridine rings is 3. The summed E-state index contributed by atoms with van der Waals surface area (Å²) in [6, 6.07) is 62.7. The van der Waals surface area contributed by atoms with Crippen LogP contribution in [0.5, 0.6) is 0 Å². The molecule has 7 aromatic carbocycles. The molecule has 3 heterocycles. The van der Waals surface area contributed by atoms with Crippen LogP contribution in [0.25, 0.3) is 99.2 Å². The van der Waals surface area contributed by atoms with E-state index in [4.69, 9.17) is 9.97 Å². The molecule has 0 spiro atoms. The van der Waals surface area contributed by atoms with Gasteiger partial charge in [0.15, 0.2) is 0 Å². The minimum atomic E-state index is 0.931. The SMILES string of the molecule is c1cc(-c2cccc(-c3cc4c(-c5ccc6ccccc6c5)nc5ccccc5c4c4ccccc34)c2)cc(-c2cccc(-c3ccncc3)n2)c1. The number of hydrogen-bond donors (Lipinski definition) is 0. The second kappa shape index (κ2) is 12.4. The van der Waals surface area contributed by atoms with Gasteiger partial charge in [-0.05, 0) is 98.4 Å². The quantitative estimate of drug-likeness (QED) is 0.172. The normalized spacial score (nSPS) is 11.5. The summed E-state index contributed by atoms with van der Waals surface area (Å²) < 4.78 is 0. The Labute approximate surface area is 301 Å². The van der Waals surface area contributed by atoms with E-state index in [-0.39, 0.29) is 0 Å². The predicted octanol–water partition coefficient (Wildman–Crippen LogP) is 12.8. The molecule has 52 heavy (non-hydrogen) atoms. The van der Waals surface area contributed by atoms with E-state index in [1.54, 1.807) is 12.4 Å². The van der Waals surface area contributed by atoms with Crippen molar-refractivity contribution in [1.82, 2.24) is 15.0 Å². The van der Waals surface area contributed by atoms with Crippen molar-refractivity contribution < 1.29 is 0 Å². The lowest BCUT2D eigenvalue weighted by atomic mass is 9.89. The number of hydrogen-bond acceptors (Lipinski definition) is 3. The maximum Gasteiger partial charge on any atom is 0.0788 e. The summed E-state index contributed by atoms with van der Waals surface area (Å²) in [5.74, 6) is 0. The lowest BCUT2D eigenvalue weighted by Gasteiger charge is -2.17. The van der Waals surface area contributed by atoms with E-state index in [0.717, 1.165) is 66.8 Å². The van der Waals surface area contributed by atoms with Gasteiger partial charge in [0.1, 0.15) is 0 Å². The van der Waals surface area contributed by atoms with Gasteiger partial charge in [0.2, 0.25) is 0 Å². The number of aromatic nitrogens is 3. The third-order valence-electron chi connectivity index (χ3n) is 10.1. The van der Waals surface area contributed by atoms with Crippen LogP contribution in [0.1, 0.15) is 0 Å². The molecular formula is C49H31N3. The number of fused-ring (bicyclic) bond motifs is 6. The van der Waals surface area contributed by atoms with Crippen LogP contribution in [0, 0.1) is 0 Å². The molecule has 0 saturated heterocycles. The minimum Gasteiger partial charge on any atom is -0.265 e. The average Bonchev–Trinajstić information content (AvgIpc) is 3.23. The molecule has 0 aliphatic rings. The van der Waals surface area contributed by atoms with Crippen LogP contribution in [0.2, 0.25) is 0 Å². The molecule has 242 valence electrons. The third-order valence-corrected chi connectivity index (χ3v) is 10.1. The summed E-state index contributed by atoms with van der Waals surface area (Å²) in [4.78, 5) is 14.5. The fourth-order valence-corrected chi connectivity index (χ4v) is 7.61. The second-order valence-electron chi connectivity index (χ2n) is 13.2. The van der Waals surface area contributed by atoms with E-state index in [9.17, 15) is 0 Å². The van der Waals surface area contributed by atoms with Gasteiger partial charge < -0.3 is 0 Å². The van der Waals surface area contributed by atoms with Gasteiger partial charge in [-0.15, -0.1) is 0 Å². The van der Waals surface area contributed by atoms with Gasteiger partial charge in [-0.1, -0.05) is 121 Å². The molecule has 0 unspecified atom stereocenters. The van der Waals surface area contributed by atoms with Crippen LogP contribution in [-0.4, -0.2) is 15.0 Å². The summed E-state index contributed by atoms with van der Waals surface area (Å²) in [5.41, 5.74) is 11.8. The molecule has 0 aliphatic heterocycles. The van der Waals surface area contributed by atoms with Crippen LogP contribution < -0.4 is 0 Å². The Kier molecular flexibility index (Phi) is 7.14. The number of para-hydroxylation sites is 1. The Hall–Kier alpha value is -6.97. The van der Waals surface area contributed by atoms with E-state index in [1.165, 1.54) is 32.5 Å². The first-order valence-electron chi connectivity index (χ1n) is 17.6. The first-order valence-corrected chi connectivity index (χ1v) is 17.6. The van der Waals surface area contributed by atoms with E-state index < -0.39 is 0 Å². The van der Waals surface area contributed by atoms with Crippen molar-refractivity contribution in [2.75, 3.05) is 0 Å². The topological polar surface area (TPSA) is 38.7 Å². The molecule has 3 heteroatoms. The van der Waals surface area contributed by atoms with E-state index >= 15 is 0 Å². The van der Waals surface area contributed by atoms with Crippen molar-refractivity contribution in [2.45, 2.75) is 0 Å². The Balaban J connectivity index is 1.15. The fraction of sp³-hybridized carbons (Fsp3) is 0. The number of rotatable bonds is 5. The molecule has 3 nitrogen and oxygen atoms in total. The largest absolute Gasteiger partial charge is 0.265 e. The van der Waals surface area contributed by atoms with Crippen LogP contribution in [0.4, 0.5) is 0 Å². The first-order chi connectivity index (χ1) is 25.8. The fourth-order valence-electron chi connectivity index (χ4n) is 7.61. The zero-order valence-corrected chi connectivity index (χ0v) is 28.2. The molecule has 0 amide bonds. The van der Waals surface area contributed by atoms with Crippen LogP contribution in [0.3, 0.4) is 0 Å². The van der Waals surface area contributed by atoms with Gasteiger partial charge in [-0.3, -0.25) is 4.98 Å². The van der Waals surface area contributed by atoms with Crippen molar-refractivity contribution in [3.05, 3.63) is 188 Å². The average molecular weight is 662 g/mol. The zero-order chi connectivity index (χ0) is 34.4. The molecule has 0 fully saturated rings. The Morgan fingerprint density at radius 1 is 0.327 bits per heavy atom. The molecule has 0 aliphatic carbocycles. The molecule has 0 saturated carbocycles. The zero-order valence-electron chi connectivity index (χ0n) is 28.2. The van der Waals surface area contributed by atoms with Gasteiger partial charge >= 0.3 is 0 Å². The standard InChI is InChI=1S/C49H31N3/c1-2-11-34-30-39(23-22-32(34)10-1)49-44-31-43(40-16-3-4-17-41(40)48(44)42-18-5-6-19-47(42)52-49)37-14-7-12-35(28-37)36-13-8-15-38(29-36)46-21-9-20-45(51-46)33-24-26-50-27-25-33/h1-31H. The molecule has 0 atom stereocenters. The van der Waals surface area contributed by atoms with Crippen LogP contribution in [0.15, 0.2) is 188 Å². The van der Waals surface area contributed by atoms with Gasteiger partial charge in [-0.25, -0.2) is 9.97 Å². The Bertz CT molecular complexity index is 2970. The third kappa shape index (κ3) is 5.19. The van der Waals surface area contributed by atoms with Crippen molar-refractivity contribution >= 4 is 43.2 Å². The summed E-state index contributed by atoms with van der Waals surface area (Å²) >= 11 is 0. The van der Waals surface area contributed by atoms with Crippen LogP contribution in [-0.2, 0) is 0 Å². The van der Waals surface area contributed by atoms with Crippen molar-refractivity contribution in [1.29, 1.82) is 0 Å². The van der Waals surface area contributed by atoms with E-state index in [1.807, 2.05) is 18.2 Å². The van der Waals surface area contributed by atoms with Crippen LogP contribution >= 0.6 is 0 Å². The molecule has 0 radical (unpaired) electrons. The minimum absolute atomic E-state index is 0.931. The van der Waals surface area contributed by atoms with Gasteiger partial charge in [0.25, 0.3) is 0 Å². The smallest absolute Gasteiger partial charge is 0.0788 e. The molecule has 3 aromatic heterocycles. The summed E-state index contributed by atoms with van der Waals surface area (Å²) in [6.45, 7) is 0. The molecule has 0 bridgehead atoms.